The molecule has 8 heteroatoms. The maximum atomic E-state index is 12.8. The van der Waals surface area contributed by atoms with Gasteiger partial charge in [-0.15, -0.1) is 5.10 Å². The largest absolute Gasteiger partial charge is 0.332 e. The number of quaternary nitrogens is 1. The Kier molecular flexibility index (Phi) is 5.93. The van der Waals surface area contributed by atoms with Gasteiger partial charge >= 0.3 is 0 Å². The number of likely N-dealkylation sites (N-methyl/N-ethyl adjacent to an activating group) is 1. The predicted molar refractivity (Wildman–Crippen MR) is 102 cm³/mol. The number of carbonyl (C=O) groups excluding carboxylic acids is 1. The lowest BCUT2D eigenvalue weighted by molar-refractivity contribution is -0.902. The summed E-state index contributed by atoms with van der Waals surface area (Å²) < 4.78 is 1.72. The fourth-order valence-electron chi connectivity index (χ4n) is 3.31. The van der Waals surface area contributed by atoms with Crippen LogP contribution in [0.3, 0.4) is 0 Å². The summed E-state index contributed by atoms with van der Waals surface area (Å²) in [6.45, 7) is 13.1. The van der Waals surface area contributed by atoms with Crippen LogP contribution in [0.4, 0.5) is 0 Å². The highest BCUT2D eigenvalue weighted by Gasteiger charge is 2.28. The normalized spacial score (nSPS) is 16.7. The van der Waals surface area contributed by atoms with E-state index in [0.717, 1.165) is 44.0 Å². The van der Waals surface area contributed by atoms with E-state index >= 15 is 0 Å². The summed E-state index contributed by atoms with van der Waals surface area (Å²) in [5, 5.41) is 12.5. The molecule has 2 heterocycles. The van der Waals surface area contributed by atoms with Gasteiger partial charge in [0.2, 0.25) is 11.1 Å². The van der Waals surface area contributed by atoms with Crippen LogP contribution in [0, 0.1) is 13.8 Å². The fourth-order valence-corrected chi connectivity index (χ4v) is 4.19. The van der Waals surface area contributed by atoms with Crippen molar-refractivity contribution in [3.8, 4) is 5.69 Å². The molecule has 0 saturated carbocycles. The highest BCUT2D eigenvalue weighted by molar-refractivity contribution is 8.00. The van der Waals surface area contributed by atoms with Gasteiger partial charge in [0.25, 0.3) is 0 Å². The molecule has 0 unspecified atom stereocenters. The highest BCUT2D eigenvalue weighted by atomic mass is 32.2. The van der Waals surface area contributed by atoms with E-state index < -0.39 is 0 Å². The van der Waals surface area contributed by atoms with Crippen LogP contribution in [0.25, 0.3) is 5.69 Å². The second-order valence-electron chi connectivity index (χ2n) is 6.85. The van der Waals surface area contributed by atoms with E-state index in [1.807, 2.05) is 30.9 Å². The Hall–Kier alpha value is -1.93. The third-order valence-electron chi connectivity index (χ3n) is 4.93. The number of aryl methyl sites for hydroxylation is 2. The lowest BCUT2D eigenvalue weighted by Crippen LogP contribution is -3.14. The summed E-state index contributed by atoms with van der Waals surface area (Å²) in [6, 6.07) is 6.17. The number of piperazine rings is 1. The van der Waals surface area contributed by atoms with Crippen LogP contribution >= 0.6 is 11.8 Å². The molecule has 1 aromatic heterocycles. The molecule has 2 aromatic rings. The fraction of sp³-hybridized carbons (Fsp3) is 0.556. The van der Waals surface area contributed by atoms with Crippen LogP contribution in [0.2, 0.25) is 0 Å². The number of tetrazole rings is 1. The number of hydrogen-bond acceptors (Lipinski definition) is 5. The lowest BCUT2D eigenvalue weighted by Gasteiger charge is -2.32. The van der Waals surface area contributed by atoms with E-state index in [9.17, 15) is 4.79 Å². The van der Waals surface area contributed by atoms with Gasteiger partial charge in [-0.25, -0.2) is 0 Å². The Morgan fingerprint density at radius 1 is 1.31 bits per heavy atom. The topological polar surface area (TPSA) is 68.3 Å². The smallest absolute Gasteiger partial charge is 0.236 e. The summed E-state index contributed by atoms with van der Waals surface area (Å²) in [5.41, 5.74) is 3.25. The maximum absolute atomic E-state index is 12.8. The molecule has 0 bridgehead atoms. The summed E-state index contributed by atoms with van der Waals surface area (Å²) in [6.07, 6.45) is 0. The minimum atomic E-state index is -0.214. The van der Waals surface area contributed by atoms with Gasteiger partial charge in [0.1, 0.15) is 0 Å². The van der Waals surface area contributed by atoms with Crippen LogP contribution < -0.4 is 4.90 Å². The highest BCUT2D eigenvalue weighted by Crippen LogP contribution is 2.25. The molecule has 7 nitrogen and oxygen atoms in total. The Morgan fingerprint density at radius 2 is 2.04 bits per heavy atom. The average molecular weight is 376 g/mol. The molecule has 26 heavy (non-hydrogen) atoms. The van der Waals surface area contributed by atoms with E-state index in [1.54, 1.807) is 9.58 Å². The second-order valence-corrected chi connectivity index (χ2v) is 8.16. The molecule has 0 radical (unpaired) electrons. The van der Waals surface area contributed by atoms with Crippen LogP contribution in [0.5, 0.6) is 0 Å². The van der Waals surface area contributed by atoms with Crippen LogP contribution in [-0.4, -0.2) is 69.0 Å². The maximum Gasteiger partial charge on any atom is 0.236 e. The third kappa shape index (κ3) is 4.07. The minimum absolute atomic E-state index is 0.167. The zero-order valence-corrected chi connectivity index (χ0v) is 16.7. The molecule has 1 fully saturated rings. The number of aromatic nitrogens is 4. The third-order valence-corrected chi connectivity index (χ3v) is 5.95. The first kappa shape index (κ1) is 18.8. The Morgan fingerprint density at radius 3 is 2.69 bits per heavy atom. The van der Waals surface area contributed by atoms with Crippen molar-refractivity contribution >= 4 is 17.7 Å². The summed E-state index contributed by atoms with van der Waals surface area (Å²) in [5.74, 6) is 0.167. The number of rotatable bonds is 5. The number of nitrogens with one attached hydrogen (secondary N) is 1. The van der Waals surface area contributed by atoms with Crippen LogP contribution in [0.15, 0.2) is 23.4 Å². The zero-order chi connectivity index (χ0) is 18.7. The Balaban J connectivity index is 1.70. The Bertz CT molecular complexity index is 769. The molecule has 1 saturated heterocycles. The molecular formula is C18H27N6OS+. The molecular weight excluding hydrogens is 348 g/mol. The Labute approximate surface area is 158 Å². The quantitative estimate of drug-likeness (QED) is 0.771. The van der Waals surface area contributed by atoms with Crippen molar-refractivity contribution in [2.24, 2.45) is 0 Å². The lowest BCUT2D eigenvalue weighted by atomic mass is 10.1. The predicted octanol–water partition coefficient (Wildman–Crippen LogP) is 0.507. The molecule has 1 N–H and O–H groups in total. The summed E-state index contributed by atoms with van der Waals surface area (Å²) >= 11 is 1.42. The van der Waals surface area contributed by atoms with E-state index in [4.69, 9.17) is 0 Å². The molecule has 0 spiro atoms. The first-order chi connectivity index (χ1) is 12.5. The number of thioether (sulfide) groups is 1. The molecule has 1 amide bonds. The van der Waals surface area contributed by atoms with Gasteiger partial charge in [0.05, 0.1) is 43.7 Å². The standard InChI is InChI=1S/C18H26N6OS/c1-5-22-8-10-23(11-9-22)17(25)15(4)26-18-19-20-21-24(18)16-7-6-13(2)12-14(16)3/h6-7,12,15H,5,8-11H2,1-4H3/p+1/t15-/m0/s1. The zero-order valence-electron chi connectivity index (χ0n) is 15.9. The van der Waals surface area contributed by atoms with Gasteiger partial charge in [0, 0.05) is 0 Å². The van der Waals surface area contributed by atoms with E-state index in [0.29, 0.717) is 5.16 Å². The minimum Gasteiger partial charge on any atom is -0.332 e. The van der Waals surface area contributed by atoms with Gasteiger partial charge in [-0.2, -0.15) is 4.68 Å². The van der Waals surface area contributed by atoms with E-state index in [-0.39, 0.29) is 11.2 Å². The number of nitrogens with zero attached hydrogens (tertiary/aromatic N) is 5. The van der Waals surface area contributed by atoms with Gasteiger partial charge in [-0.3, -0.25) is 4.79 Å². The van der Waals surface area contributed by atoms with E-state index in [2.05, 4.69) is 35.4 Å². The molecule has 1 aromatic carbocycles. The van der Waals surface area contributed by atoms with Gasteiger partial charge in [0.15, 0.2) is 0 Å². The number of benzene rings is 1. The number of hydrogen-bond donors (Lipinski definition) is 1. The molecule has 140 valence electrons. The second kappa shape index (κ2) is 8.18. The number of carbonyl (C=O) groups is 1. The molecule has 0 aliphatic carbocycles. The van der Waals surface area contributed by atoms with Crippen molar-refractivity contribution in [2.75, 3.05) is 32.7 Å². The molecule has 3 rings (SSSR count). The summed E-state index contributed by atoms with van der Waals surface area (Å²) in [7, 11) is 0. The first-order valence-electron chi connectivity index (χ1n) is 9.14. The van der Waals surface area contributed by atoms with Gasteiger partial charge in [-0.05, 0) is 49.8 Å². The van der Waals surface area contributed by atoms with Crippen LogP contribution in [0.1, 0.15) is 25.0 Å². The molecule has 1 aliphatic heterocycles. The first-order valence-corrected chi connectivity index (χ1v) is 10.0. The van der Waals surface area contributed by atoms with Gasteiger partial charge < -0.3 is 9.80 Å². The van der Waals surface area contributed by atoms with E-state index in [1.165, 1.54) is 17.3 Å². The van der Waals surface area contributed by atoms with Crippen LogP contribution in [-0.2, 0) is 4.79 Å². The monoisotopic (exact) mass is 375 g/mol. The van der Waals surface area contributed by atoms with Crippen molar-refractivity contribution in [3.05, 3.63) is 29.3 Å². The summed E-state index contributed by atoms with van der Waals surface area (Å²) in [4.78, 5) is 16.3. The van der Waals surface area contributed by atoms with Gasteiger partial charge in [-0.1, -0.05) is 29.5 Å². The molecule has 1 atom stereocenters. The van der Waals surface area contributed by atoms with Crippen molar-refractivity contribution in [1.29, 1.82) is 0 Å². The van der Waals surface area contributed by atoms with Crippen molar-refractivity contribution in [3.63, 3.8) is 0 Å². The van der Waals surface area contributed by atoms with Crippen molar-refractivity contribution < 1.29 is 9.69 Å². The SMILES string of the molecule is CC[NH+]1CCN(C(=O)[C@H](C)Sc2nnnn2-c2ccc(C)cc2C)CC1. The molecule has 1 aliphatic rings. The van der Waals surface area contributed by atoms with Crippen molar-refractivity contribution in [1.82, 2.24) is 25.1 Å². The average Bonchev–Trinajstić information content (AvgIpc) is 3.09. The van der Waals surface area contributed by atoms with Crippen molar-refractivity contribution in [2.45, 2.75) is 38.1 Å². The number of amides is 1.